The first kappa shape index (κ1) is 16.1. The highest BCUT2D eigenvalue weighted by atomic mass is 79.9. The topological polar surface area (TPSA) is 70.7 Å². The predicted octanol–water partition coefficient (Wildman–Crippen LogP) is 3.21. The minimum Gasteiger partial charge on any atom is -0.383 e. The van der Waals surface area contributed by atoms with Crippen LogP contribution in [0.3, 0.4) is 0 Å². The summed E-state index contributed by atoms with van der Waals surface area (Å²) in [5.74, 6) is 0.637. The van der Waals surface area contributed by atoms with Crippen molar-refractivity contribution in [3.8, 4) is 0 Å². The average Bonchev–Trinajstić information content (AvgIpc) is 2.62. The molecule has 3 N–H and O–H groups in total. The van der Waals surface area contributed by atoms with Crippen LogP contribution in [-0.2, 0) is 0 Å². The van der Waals surface area contributed by atoms with Crippen LogP contribution in [0.2, 0.25) is 0 Å². The number of nitrogens with two attached hydrogens (primary N) is 1. The molecule has 25 heavy (non-hydrogen) atoms. The zero-order chi connectivity index (χ0) is 17.4. The fourth-order valence-electron chi connectivity index (χ4n) is 3.48. The number of fused-ring (bicyclic) bond motifs is 1. The number of likely N-dealkylation sites (tertiary alicyclic amines) is 1. The van der Waals surface area contributed by atoms with Gasteiger partial charge in [-0.1, -0.05) is 28.1 Å². The van der Waals surface area contributed by atoms with Crippen LogP contribution in [0.4, 0.5) is 5.69 Å². The number of halogens is 1. The first-order valence-electron chi connectivity index (χ1n) is 8.34. The van der Waals surface area contributed by atoms with Gasteiger partial charge in [0.05, 0.1) is 0 Å². The molecule has 1 amide bonds. The smallest absolute Gasteiger partial charge is 0.253 e. The van der Waals surface area contributed by atoms with E-state index in [1.54, 1.807) is 0 Å². The van der Waals surface area contributed by atoms with E-state index >= 15 is 0 Å². The van der Waals surface area contributed by atoms with Gasteiger partial charge in [-0.2, -0.15) is 0 Å². The summed E-state index contributed by atoms with van der Waals surface area (Å²) in [6, 6.07) is 15.4. The SMILES string of the molecule is NC1=NC2(CCN(C(=O)c3ccc(Br)cc3)CC2)Nc2ccccc21. The molecule has 2 aromatic rings. The second kappa shape index (κ2) is 6.19. The Kier molecular flexibility index (Phi) is 4.00. The van der Waals surface area contributed by atoms with Gasteiger partial charge in [0, 0.05) is 47.2 Å². The summed E-state index contributed by atoms with van der Waals surface area (Å²) in [4.78, 5) is 19.3. The molecule has 5 nitrogen and oxygen atoms in total. The number of anilines is 1. The summed E-state index contributed by atoms with van der Waals surface area (Å²) in [5, 5.41) is 3.54. The van der Waals surface area contributed by atoms with Crippen molar-refractivity contribution in [2.24, 2.45) is 10.7 Å². The van der Waals surface area contributed by atoms with Crippen molar-refractivity contribution in [2.45, 2.75) is 18.5 Å². The van der Waals surface area contributed by atoms with E-state index in [0.717, 1.165) is 28.6 Å². The number of nitrogens with one attached hydrogen (secondary N) is 1. The van der Waals surface area contributed by atoms with E-state index in [9.17, 15) is 4.79 Å². The minimum atomic E-state index is -0.408. The van der Waals surface area contributed by atoms with Crippen LogP contribution in [0.1, 0.15) is 28.8 Å². The van der Waals surface area contributed by atoms with Gasteiger partial charge >= 0.3 is 0 Å². The molecule has 2 aliphatic heterocycles. The predicted molar refractivity (Wildman–Crippen MR) is 103 cm³/mol. The van der Waals surface area contributed by atoms with Crippen molar-refractivity contribution in [2.75, 3.05) is 18.4 Å². The number of rotatable bonds is 1. The van der Waals surface area contributed by atoms with E-state index in [1.807, 2.05) is 53.4 Å². The lowest BCUT2D eigenvalue weighted by Gasteiger charge is -2.42. The van der Waals surface area contributed by atoms with Gasteiger partial charge in [-0.15, -0.1) is 0 Å². The molecule has 0 radical (unpaired) electrons. The van der Waals surface area contributed by atoms with Crippen molar-refractivity contribution in [3.63, 3.8) is 0 Å². The molecule has 1 fully saturated rings. The van der Waals surface area contributed by atoms with E-state index in [1.165, 1.54) is 0 Å². The Hall–Kier alpha value is -2.34. The van der Waals surface area contributed by atoms with Crippen molar-refractivity contribution < 1.29 is 4.79 Å². The second-order valence-corrected chi connectivity index (χ2v) is 7.41. The number of aliphatic imine (C=N–C) groups is 1. The van der Waals surface area contributed by atoms with Gasteiger partial charge in [-0.05, 0) is 36.4 Å². The lowest BCUT2D eigenvalue weighted by atomic mass is 9.93. The Bertz CT molecular complexity index is 839. The van der Waals surface area contributed by atoms with Gasteiger partial charge in [-0.3, -0.25) is 4.79 Å². The molecule has 4 rings (SSSR count). The van der Waals surface area contributed by atoms with Crippen LogP contribution in [0, 0.1) is 0 Å². The van der Waals surface area contributed by atoms with Crippen molar-refractivity contribution >= 4 is 33.4 Å². The summed E-state index contributed by atoms with van der Waals surface area (Å²) in [6.45, 7) is 1.31. The van der Waals surface area contributed by atoms with Crippen LogP contribution in [0.5, 0.6) is 0 Å². The first-order chi connectivity index (χ1) is 12.1. The van der Waals surface area contributed by atoms with E-state index < -0.39 is 5.66 Å². The molecule has 2 aliphatic rings. The lowest BCUT2D eigenvalue weighted by molar-refractivity contribution is 0.0685. The maximum absolute atomic E-state index is 12.7. The van der Waals surface area contributed by atoms with E-state index in [4.69, 9.17) is 10.7 Å². The van der Waals surface area contributed by atoms with Gasteiger partial charge in [0.25, 0.3) is 5.91 Å². The molecule has 0 aromatic heterocycles. The standard InChI is InChI=1S/C19H19BrN4O/c20-14-7-5-13(6-8-14)18(25)24-11-9-19(10-12-24)22-16-4-2-1-3-15(16)17(21)23-19/h1-8,22H,9-12H2,(H2,21,23). The number of carbonyl (C=O) groups is 1. The zero-order valence-electron chi connectivity index (χ0n) is 13.7. The molecule has 2 heterocycles. The highest BCUT2D eigenvalue weighted by Crippen LogP contribution is 2.34. The first-order valence-corrected chi connectivity index (χ1v) is 9.13. The van der Waals surface area contributed by atoms with Crippen molar-refractivity contribution in [1.29, 1.82) is 0 Å². The quantitative estimate of drug-likeness (QED) is 0.774. The highest BCUT2D eigenvalue weighted by Gasteiger charge is 2.38. The average molecular weight is 399 g/mol. The number of piperidine rings is 1. The minimum absolute atomic E-state index is 0.0653. The maximum Gasteiger partial charge on any atom is 0.253 e. The van der Waals surface area contributed by atoms with E-state index in [2.05, 4.69) is 21.2 Å². The van der Waals surface area contributed by atoms with Gasteiger partial charge in [-0.25, -0.2) is 4.99 Å². The number of hydrogen-bond acceptors (Lipinski definition) is 4. The van der Waals surface area contributed by atoms with E-state index in [-0.39, 0.29) is 5.91 Å². The monoisotopic (exact) mass is 398 g/mol. The lowest BCUT2D eigenvalue weighted by Crippen LogP contribution is -2.52. The molecule has 0 aliphatic carbocycles. The Morgan fingerprint density at radius 3 is 2.52 bits per heavy atom. The summed E-state index contributed by atoms with van der Waals surface area (Å²) < 4.78 is 0.969. The van der Waals surface area contributed by atoms with Crippen LogP contribution < -0.4 is 11.1 Å². The summed E-state index contributed by atoms with van der Waals surface area (Å²) in [6.07, 6.45) is 1.48. The number of benzene rings is 2. The molecule has 2 aromatic carbocycles. The molecular weight excluding hydrogens is 380 g/mol. The Labute approximate surface area is 155 Å². The largest absolute Gasteiger partial charge is 0.383 e. The number of nitrogens with zero attached hydrogens (tertiary/aromatic N) is 2. The summed E-state index contributed by atoms with van der Waals surface area (Å²) >= 11 is 3.40. The molecule has 0 bridgehead atoms. The number of carbonyl (C=O) groups excluding carboxylic acids is 1. The Morgan fingerprint density at radius 2 is 1.80 bits per heavy atom. The van der Waals surface area contributed by atoms with E-state index in [0.29, 0.717) is 24.5 Å². The molecule has 6 heteroatoms. The van der Waals surface area contributed by atoms with Gasteiger partial charge in [0.2, 0.25) is 0 Å². The van der Waals surface area contributed by atoms with Crippen LogP contribution >= 0.6 is 15.9 Å². The Morgan fingerprint density at radius 1 is 1.12 bits per heavy atom. The highest BCUT2D eigenvalue weighted by molar-refractivity contribution is 9.10. The summed E-state index contributed by atoms with van der Waals surface area (Å²) in [7, 11) is 0. The molecule has 0 unspecified atom stereocenters. The molecule has 128 valence electrons. The van der Waals surface area contributed by atoms with Gasteiger partial charge < -0.3 is 16.0 Å². The third-order valence-electron chi connectivity index (χ3n) is 4.87. The fraction of sp³-hybridized carbons (Fsp3) is 0.263. The molecule has 0 saturated carbocycles. The van der Waals surface area contributed by atoms with Gasteiger partial charge in [0.15, 0.2) is 0 Å². The van der Waals surface area contributed by atoms with Crippen molar-refractivity contribution in [3.05, 3.63) is 64.1 Å². The van der Waals surface area contributed by atoms with Gasteiger partial charge in [0.1, 0.15) is 11.5 Å². The number of hydrogen-bond donors (Lipinski definition) is 2. The molecule has 1 saturated heterocycles. The summed E-state index contributed by atoms with van der Waals surface area (Å²) in [5.41, 5.74) is 8.44. The zero-order valence-corrected chi connectivity index (χ0v) is 15.3. The molecular formula is C19H19BrN4O. The normalized spacial score (nSPS) is 18.3. The van der Waals surface area contributed by atoms with Crippen LogP contribution in [-0.4, -0.2) is 35.4 Å². The Balaban J connectivity index is 1.49. The maximum atomic E-state index is 12.7. The van der Waals surface area contributed by atoms with Crippen LogP contribution in [0.25, 0.3) is 0 Å². The molecule has 0 atom stereocenters. The second-order valence-electron chi connectivity index (χ2n) is 6.50. The molecule has 1 spiro atoms. The third-order valence-corrected chi connectivity index (χ3v) is 5.40. The van der Waals surface area contributed by atoms with Crippen LogP contribution in [0.15, 0.2) is 58.0 Å². The number of amides is 1. The fourth-order valence-corrected chi connectivity index (χ4v) is 3.74. The van der Waals surface area contributed by atoms with Crippen molar-refractivity contribution in [1.82, 2.24) is 4.90 Å². The number of para-hydroxylation sites is 1. The number of amidine groups is 1. The third kappa shape index (κ3) is 3.02.